The van der Waals surface area contributed by atoms with Gasteiger partial charge in [0.05, 0.1) is 0 Å². The molecule has 0 aromatic heterocycles. The number of hydrogen-bond donors (Lipinski definition) is 0. The lowest BCUT2D eigenvalue weighted by molar-refractivity contribution is 0.189. The molecule has 0 aliphatic rings. The Hall–Kier alpha value is 0.450. The third-order valence-corrected chi connectivity index (χ3v) is 6.04. The second kappa shape index (κ2) is 7.01. The molecule has 9 nitrogen and oxygen atoms in total. The third-order valence-electron chi connectivity index (χ3n) is 1.27. The Kier molecular flexibility index (Phi) is 7.21. The standard InChI is InChI=1S/C4H13O9P3/c1-8-15(6,9-2)12-14(5)13-16(7,10-3)11-4/h14H,1-4H3. The predicted octanol–water partition coefficient (Wildman–Crippen LogP) is 2.21. The molecule has 0 amide bonds. The van der Waals surface area contributed by atoms with Gasteiger partial charge in [-0.15, -0.1) is 0 Å². The van der Waals surface area contributed by atoms with Gasteiger partial charge in [0.25, 0.3) is 0 Å². The van der Waals surface area contributed by atoms with E-state index in [0.717, 1.165) is 28.4 Å². The number of phosphoric ester groups is 2. The van der Waals surface area contributed by atoms with Crippen LogP contribution in [0, 0.1) is 0 Å². The molecule has 0 aliphatic carbocycles. The van der Waals surface area contributed by atoms with E-state index in [1.807, 2.05) is 0 Å². The zero-order valence-corrected chi connectivity index (χ0v) is 11.9. The molecule has 0 atom stereocenters. The molecule has 0 aliphatic heterocycles. The molecule has 0 fully saturated rings. The van der Waals surface area contributed by atoms with Gasteiger partial charge in [0.1, 0.15) is 0 Å². The molecule has 0 aromatic carbocycles. The highest BCUT2D eigenvalue weighted by molar-refractivity contribution is 7.62. The van der Waals surface area contributed by atoms with Crippen LogP contribution >= 0.6 is 23.9 Å². The highest BCUT2D eigenvalue weighted by atomic mass is 31.3. The first-order chi connectivity index (χ1) is 7.34. The summed E-state index contributed by atoms with van der Waals surface area (Å²) in [5.41, 5.74) is 0. The normalized spacial score (nSPS) is 13.3. The van der Waals surface area contributed by atoms with E-state index in [-0.39, 0.29) is 0 Å². The Labute approximate surface area is 93.5 Å². The van der Waals surface area contributed by atoms with Crippen LogP contribution < -0.4 is 0 Å². The van der Waals surface area contributed by atoms with Crippen LogP contribution in [0.2, 0.25) is 0 Å². The average Bonchev–Trinajstić information content (AvgIpc) is 2.28. The SMILES string of the molecule is COP(=O)(OC)O[PH](=O)OP(=O)(OC)OC. The van der Waals surface area contributed by atoms with Crippen LogP contribution in [0.25, 0.3) is 0 Å². The first-order valence-electron chi connectivity index (χ1n) is 3.71. The third kappa shape index (κ3) is 5.19. The van der Waals surface area contributed by atoms with Crippen molar-refractivity contribution in [3.8, 4) is 0 Å². The zero-order chi connectivity index (χ0) is 12.8. The smallest absolute Gasteiger partial charge is 0.290 e. The largest absolute Gasteiger partial charge is 0.481 e. The average molecular weight is 298 g/mol. The molecule has 0 aromatic rings. The molecule has 16 heavy (non-hydrogen) atoms. The van der Waals surface area contributed by atoms with Gasteiger partial charge >= 0.3 is 23.9 Å². The van der Waals surface area contributed by atoms with E-state index in [1.165, 1.54) is 0 Å². The van der Waals surface area contributed by atoms with Crippen molar-refractivity contribution < 1.29 is 40.4 Å². The van der Waals surface area contributed by atoms with Gasteiger partial charge in [-0.05, 0) is 0 Å². The maximum Gasteiger partial charge on any atom is 0.481 e. The minimum Gasteiger partial charge on any atom is -0.290 e. The molecule has 0 heterocycles. The molecule has 0 bridgehead atoms. The highest BCUT2D eigenvalue weighted by Crippen LogP contribution is 2.62. The molecule has 0 radical (unpaired) electrons. The van der Waals surface area contributed by atoms with Crippen LogP contribution in [0.4, 0.5) is 0 Å². The van der Waals surface area contributed by atoms with Gasteiger partial charge in [-0.25, -0.2) is 17.8 Å². The lowest BCUT2D eigenvalue weighted by atomic mass is 11.8. The van der Waals surface area contributed by atoms with Crippen LogP contribution in [0.15, 0.2) is 0 Å². The lowest BCUT2D eigenvalue weighted by Gasteiger charge is -2.15. The Morgan fingerprint density at radius 2 is 1.00 bits per heavy atom. The minimum absolute atomic E-state index is 1.02. The summed E-state index contributed by atoms with van der Waals surface area (Å²) in [6.45, 7) is 0. The molecule has 0 saturated carbocycles. The minimum atomic E-state index is -3.97. The monoisotopic (exact) mass is 298 g/mol. The first-order valence-corrected chi connectivity index (χ1v) is 7.85. The van der Waals surface area contributed by atoms with Crippen LogP contribution in [0.1, 0.15) is 0 Å². The first kappa shape index (κ1) is 16.4. The van der Waals surface area contributed by atoms with E-state index < -0.39 is 23.9 Å². The Morgan fingerprint density at radius 1 is 0.750 bits per heavy atom. The van der Waals surface area contributed by atoms with E-state index in [2.05, 4.69) is 26.7 Å². The molecule has 0 unspecified atom stereocenters. The van der Waals surface area contributed by atoms with Crippen LogP contribution in [0.5, 0.6) is 0 Å². The summed E-state index contributed by atoms with van der Waals surface area (Å²) in [6, 6.07) is 0. The second-order valence-corrected chi connectivity index (χ2v) is 7.27. The van der Waals surface area contributed by atoms with Crippen molar-refractivity contribution in [1.29, 1.82) is 0 Å². The molecule has 0 N–H and O–H groups in total. The number of phosphoric acid groups is 2. The lowest BCUT2D eigenvalue weighted by Crippen LogP contribution is -1.92. The van der Waals surface area contributed by atoms with Gasteiger partial charge in [-0.3, -0.25) is 22.7 Å². The number of hydrogen-bond acceptors (Lipinski definition) is 9. The summed E-state index contributed by atoms with van der Waals surface area (Å²) in [5.74, 6) is 0. The van der Waals surface area contributed by atoms with Crippen molar-refractivity contribution in [2.75, 3.05) is 28.4 Å². The summed E-state index contributed by atoms with van der Waals surface area (Å²) < 4.78 is 59.8. The summed E-state index contributed by atoms with van der Waals surface area (Å²) in [5, 5.41) is 0. The van der Waals surface area contributed by atoms with Crippen molar-refractivity contribution in [2.24, 2.45) is 0 Å². The van der Waals surface area contributed by atoms with Crippen LogP contribution in [-0.2, 0) is 40.4 Å². The second-order valence-electron chi connectivity index (χ2n) is 2.06. The molecule has 0 spiro atoms. The number of rotatable bonds is 8. The van der Waals surface area contributed by atoms with Crippen LogP contribution in [-0.4, -0.2) is 28.4 Å². The summed E-state index contributed by atoms with van der Waals surface area (Å²) in [7, 11) is -7.29. The van der Waals surface area contributed by atoms with Crippen molar-refractivity contribution in [2.45, 2.75) is 0 Å². The van der Waals surface area contributed by atoms with Gasteiger partial charge in [0, 0.05) is 28.4 Å². The van der Waals surface area contributed by atoms with E-state index in [4.69, 9.17) is 0 Å². The van der Waals surface area contributed by atoms with E-state index in [9.17, 15) is 13.7 Å². The molecule has 12 heteroatoms. The van der Waals surface area contributed by atoms with Crippen molar-refractivity contribution >= 4 is 23.9 Å². The maximum absolute atomic E-state index is 11.3. The van der Waals surface area contributed by atoms with Gasteiger partial charge in [0.2, 0.25) is 0 Å². The topological polar surface area (TPSA) is 107 Å². The fourth-order valence-electron chi connectivity index (χ4n) is 0.497. The van der Waals surface area contributed by atoms with Crippen molar-refractivity contribution in [3.63, 3.8) is 0 Å². The van der Waals surface area contributed by atoms with E-state index in [1.54, 1.807) is 0 Å². The molecule has 0 saturated heterocycles. The van der Waals surface area contributed by atoms with Crippen molar-refractivity contribution in [1.82, 2.24) is 0 Å². The van der Waals surface area contributed by atoms with Gasteiger partial charge in [-0.2, -0.15) is 0 Å². The fourth-order valence-corrected chi connectivity index (χ4v) is 3.88. The summed E-state index contributed by atoms with van der Waals surface area (Å²) >= 11 is 0. The van der Waals surface area contributed by atoms with E-state index >= 15 is 0 Å². The molecule has 98 valence electrons. The quantitative estimate of drug-likeness (QED) is 0.623. The van der Waals surface area contributed by atoms with Gasteiger partial charge in [0.15, 0.2) is 0 Å². The molecular weight excluding hydrogens is 285 g/mol. The Morgan fingerprint density at radius 3 is 1.19 bits per heavy atom. The van der Waals surface area contributed by atoms with Crippen LogP contribution in [0.3, 0.4) is 0 Å². The van der Waals surface area contributed by atoms with Crippen molar-refractivity contribution in [3.05, 3.63) is 0 Å². The van der Waals surface area contributed by atoms with Gasteiger partial charge < -0.3 is 0 Å². The Balaban J connectivity index is 4.50. The zero-order valence-electron chi connectivity index (χ0n) is 9.07. The van der Waals surface area contributed by atoms with Gasteiger partial charge in [-0.1, -0.05) is 0 Å². The summed E-state index contributed by atoms with van der Waals surface area (Å²) in [6.07, 6.45) is 0. The fraction of sp³-hybridized carbons (Fsp3) is 1.00. The molecular formula is C4H13O9P3. The highest BCUT2D eigenvalue weighted by Gasteiger charge is 2.32. The predicted molar refractivity (Wildman–Crippen MR) is 54.4 cm³/mol. The maximum atomic E-state index is 11.3. The summed E-state index contributed by atoms with van der Waals surface area (Å²) in [4.78, 5) is 0. The molecule has 0 rings (SSSR count). The van der Waals surface area contributed by atoms with E-state index in [0.29, 0.717) is 0 Å². The Bertz CT molecular complexity index is 281.